The van der Waals surface area contributed by atoms with Gasteiger partial charge < -0.3 is 15.7 Å². The molecule has 1 aliphatic rings. The summed E-state index contributed by atoms with van der Waals surface area (Å²) in [5.74, 6) is -0.0355. The van der Waals surface area contributed by atoms with E-state index in [2.05, 4.69) is 10.6 Å². The molecular formula is C12H18N2O2S. The maximum absolute atomic E-state index is 11.9. The predicted molar refractivity (Wildman–Crippen MR) is 72.0 cm³/mol. The molecule has 0 aromatic rings. The Kier molecular flexibility index (Phi) is 6.04. The Morgan fingerprint density at radius 1 is 1.71 bits per heavy atom. The Morgan fingerprint density at radius 2 is 2.47 bits per heavy atom. The van der Waals surface area contributed by atoms with E-state index in [1.165, 1.54) is 0 Å². The smallest absolute Gasteiger partial charge is 0.177 e. The van der Waals surface area contributed by atoms with Crippen molar-refractivity contribution in [1.82, 2.24) is 10.6 Å². The first-order valence-electron chi connectivity index (χ1n) is 5.70. The van der Waals surface area contributed by atoms with Crippen LogP contribution in [0.3, 0.4) is 0 Å². The minimum absolute atomic E-state index is 0.0355. The molecule has 1 atom stereocenters. The number of carbonyl (C=O) groups is 1. The van der Waals surface area contributed by atoms with Crippen LogP contribution in [0.5, 0.6) is 0 Å². The maximum atomic E-state index is 11.9. The first-order chi connectivity index (χ1) is 8.15. The summed E-state index contributed by atoms with van der Waals surface area (Å²) in [6.07, 6.45) is 5.53. The molecule has 0 saturated carbocycles. The number of thiocarbonyl (C=S) groups is 1. The van der Waals surface area contributed by atoms with Gasteiger partial charge in [-0.25, -0.2) is 0 Å². The molecular weight excluding hydrogens is 236 g/mol. The maximum Gasteiger partial charge on any atom is 0.177 e. The van der Waals surface area contributed by atoms with E-state index in [-0.39, 0.29) is 12.3 Å². The number of ketones is 1. The van der Waals surface area contributed by atoms with E-state index in [1.807, 2.05) is 6.92 Å². The molecule has 4 nitrogen and oxygen atoms in total. The van der Waals surface area contributed by atoms with Crippen molar-refractivity contribution >= 4 is 22.9 Å². The summed E-state index contributed by atoms with van der Waals surface area (Å²) in [7, 11) is 0. The van der Waals surface area contributed by atoms with E-state index in [0.717, 1.165) is 0 Å². The molecule has 0 aromatic carbocycles. The Balaban J connectivity index is 2.44. The van der Waals surface area contributed by atoms with Crippen LogP contribution in [0, 0.1) is 0 Å². The second-order valence-corrected chi connectivity index (χ2v) is 4.35. The number of carbonyl (C=O) groups excluding carboxylic acids is 1. The van der Waals surface area contributed by atoms with Crippen LogP contribution in [0.4, 0.5) is 0 Å². The van der Waals surface area contributed by atoms with Gasteiger partial charge in [-0.15, -0.1) is 0 Å². The summed E-state index contributed by atoms with van der Waals surface area (Å²) in [5.41, 5.74) is 0.569. The molecule has 1 rings (SSSR count). The summed E-state index contributed by atoms with van der Waals surface area (Å²) in [4.78, 5) is 12.5. The molecule has 0 bridgehead atoms. The number of rotatable bonds is 6. The van der Waals surface area contributed by atoms with Crippen LogP contribution in [0.1, 0.15) is 13.3 Å². The first kappa shape index (κ1) is 14.0. The van der Waals surface area contributed by atoms with E-state index in [1.54, 1.807) is 18.4 Å². The molecule has 3 N–H and O–H groups in total. The molecule has 1 aliphatic heterocycles. The third-order valence-corrected chi connectivity index (χ3v) is 2.84. The lowest BCUT2D eigenvalue weighted by Crippen LogP contribution is -2.33. The van der Waals surface area contributed by atoms with Crippen molar-refractivity contribution in [2.45, 2.75) is 19.4 Å². The van der Waals surface area contributed by atoms with Crippen molar-refractivity contribution in [1.29, 1.82) is 0 Å². The Labute approximate surface area is 107 Å². The summed E-state index contributed by atoms with van der Waals surface area (Å²) >= 11 is 5.15. The molecule has 1 heterocycles. The fourth-order valence-corrected chi connectivity index (χ4v) is 1.66. The van der Waals surface area contributed by atoms with Gasteiger partial charge in [0.15, 0.2) is 5.78 Å². The van der Waals surface area contributed by atoms with Gasteiger partial charge in [-0.2, -0.15) is 0 Å². The summed E-state index contributed by atoms with van der Waals surface area (Å²) < 4.78 is 0. The molecule has 0 saturated heterocycles. The van der Waals surface area contributed by atoms with Crippen molar-refractivity contribution in [3.8, 4) is 0 Å². The fourth-order valence-electron chi connectivity index (χ4n) is 1.39. The molecule has 1 unspecified atom stereocenters. The average molecular weight is 254 g/mol. The second kappa shape index (κ2) is 7.32. The SMILES string of the molecule is CCC(O)CNCC(=O)C1=CC=CNCC1=S. The van der Waals surface area contributed by atoms with Gasteiger partial charge in [0, 0.05) is 17.0 Å². The van der Waals surface area contributed by atoms with Gasteiger partial charge in [0.05, 0.1) is 19.2 Å². The standard InChI is InChI=1S/C12H18N2O2S/c1-2-9(15)6-14-7-11(16)10-4-3-5-13-8-12(10)17/h3-5,9,13-15H,2,6-8H2,1H3. The quantitative estimate of drug-likeness (QED) is 0.596. The van der Waals surface area contributed by atoms with E-state index in [9.17, 15) is 9.90 Å². The minimum Gasteiger partial charge on any atom is -0.392 e. The zero-order valence-corrected chi connectivity index (χ0v) is 10.7. The molecule has 0 aromatic heterocycles. The third-order valence-electron chi connectivity index (χ3n) is 2.48. The summed E-state index contributed by atoms with van der Waals surface area (Å²) in [5, 5.41) is 15.3. The first-order valence-corrected chi connectivity index (χ1v) is 6.11. The number of hydrogen-bond donors (Lipinski definition) is 3. The monoisotopic (exact) mass is 254 g/mol. The molecule has 0 amide bonds. The Bertz CT molecular complexity index is 350. The van der Waals surface area contributed by atoms with E-state index in [0.29, 0.717) is 29.9 Å². The van der Waals surface area contributed by atoms with Gasteiger partial charge in [-0.1, -0.05) is 19.1 Å². The van der Waals surface area contributed by atoms with Crippen molar-refractivity contribution in [3.05, 3.63) is 23.9 Å². The van der Waals surface area contributed by atoms with Crippen LogP contribution in [0.15, 0.2) is 23.9 Å². The minimum atomic E-state index is -0.403. The van der Waals surface area contributed by atoms with Gasteiger partial charge in [0.1, 0.15) is 0 Å². The fraction of sp³-hybridized carbons (Fsp3) is 0.500. The van der Waals surface area contributed by atoms with E-state index in [4.69, 9.17) is 12.2 Å². The molecule has 0 spiro atoms. The second-order valence-electron chi connectivity index (χ2n) is 3.86. The van der Waals surface area contributed by atoms with Crippen LogP contribution < -0.4 is 10.6 Å². The number of nitrogens with one attached hydrogen (secondary N) is 2. The lowest BCUT2D eigenvalue weighted by atomic mass is 10.1. The normalized spacial score (nSPS) is 17.1. The van der Waals surface area contributed by atoms with Crippen molar-refractivity contribution in [2.75, 3.05) is 19.6 Å². The highest BCUT2D eigenvalue weighted by atomic mass is 32.1. The van der Waals surface area contributed by atoms with Crippen LogP contribution in [-0.4, -0.2) is 41.5 Å². The molecule has 94 valence electrons. The van der Waals surface area contributed by atoms with Crippen molar-refractivity contribution in [2.24, 2.45) is 0 Å². The highest BCUT2D eigenvalue weighted by molar-refractivity contribution is 7.81. The Morgan fingerprint density at radius 3 is 3.18 bits per heavy atom. The van der Waals surface area contributed by atoms with Crippen LogP contribution in [0.2, 0.25) is 0 Å². The van der Waals surface area contributed by atoms with Crippen LogP contribution in [0.25, 0.3) is 0 Å². The van der Waals surface area contributed by atoms with Gasteiger partial charge in [0.2, 0.25) is 0 Å². The van der Waals surface area contributed by atoms with E-state index < -0.39 is 6.10 Å². The molecule has 17 heavy (non-hydrogen) atoms. The molecule has 5 heteroatoms. The summed E-state index contributed by atoms with van der Waals surface area (Å²) in [6, 6.07) is 0. The highest BCUT2D eigenvalue weighted by Gasteiger charge is 2.14. The van der Waals surface area contributed by atoms with Gasteiger partial charge in [0.25, 0.3) is 0 Å². The number of aliphatic hydroxyl groups is 1. The summed E-state index contributed by atoms with van der Waals surface area (Å²) in [6.45, 7) is 3.04. The topological polar surface area (TPSA) is 61.4 Å². The largest absolute Gasteiger partial charge is 0.392 e. The third kappa shape index (κ3) is 4.77. The average Bonchev–Trinajstić information content (AvgIpc) is 2.53. The molecule has 0 aliphatic carbocycles. The van der Waals surface area contributed by atoms with Gasteiger partial charge >= 0.3 is 0 Å². The Hall–Kier alpha value is -1.04. The zero-order chi connectivity index (χ0) is 12.7. The number of Topliss-reactive ketones (excluding diaryl/α,β-unsaturated/α-hetero) is 1. The number of aliphatic hydroxyl groups excluding tert-OH is 1. The van der Waals surface area contributed by atoms with Crippen LogP contribution in [-0.2, 0) is 4.79 Å². The zero-order valence-electron chi connectivity index (χ0n) is 9.90. The number of allylic oxidation sites excluding steroid dienone is 2. The number of hydrogen-bond acceptors (Lipinski definition) is 5. The van der Waals surface area contributed by atoms with E-state index >= 15 is 0 Å². The van der Waals surface area contributed by atoms with Crippen LogP contribution >= 0.6 is 12.2 Å². The molecule has 0 fully saturated rings. The van der Waals surface area contributed by atoms with Gasteiger partial charge in [-0.05, 0) is 24.8 Å². The molecule has 0 radical (unpaired) electrons. The highest BCUT2D eigenvalue weighted by Crippen LogP contribution is 2.03. The van der Waals surface area contributed by atoms with Gasteiger partial charge in [-0.3, -0.25) is 4.79 Å². The predicted octanol–water partition coefficient (Wildman–Crippen LogP) is 0.329. The lowest BCUT2D eigenvalue weighted by molar-refractivity contribution is -0.114. The van der Waals surface area contributed by atoms with Crippen molar-refractivity contribution < 1.29 is 9.90 Å². The lowest BCUT2D eigenvalue weighted by Gasteiger charge is -2.10. The van der Waals surface area contributed by atoms with Crippen molar-refractivity contribution in [3.63, 3.8) is 0 Å².